The lowest BCUT2D eigenvalue weighted by Gasteiger charge is -2.03. The Balaban J connectivity index is 2.08. The molecule has 0 N–H and O–H groups in total. The lowest BCUT2D eigenvalue weighted by molar-refractivity contribution is 0.664. The molecule has 0 bridgehead atoms. The molecule has 1 aromatic carbocycles. The lowest BCUT2D eigenvalue weighted by atomic mass is 10.2. The van der Waals surface area contributed by atoms with Crippen molar-refractivity contribution in [2.75, 3.05) is 0 Å². The van der Waals surface area contributed by atoms with Crippen LogP contribution in [0.4, 0.5) is 0 Å². The van der Waals surface area contributed by atoms with Crippen LogP contribution in [0.2, 0.25) is 5.02 Å². The van der Waals surface area contributed by atoms with Gasteiger partial charge in [0.05, 0.1) is 0 Å². The van der Waals surface area contributed by atoms with Crippen molar-refractivity contribution in [3.05, 3.63) is 33.3 Å². The molecule has 7 heteroatoms. The molecule has 0 fully saturated rings. The van der Waals surface area contributed by atoms with E-state index in [1.807, 2.05) is 25.2 Å². The largest absolute Gasteiger partial charge is 0.224 e. The van der Waals surface area contributed by atoms with Crippen molar-refractivity contribution in [2.45, 2.75) is 10.9 Å². The number of aryl methyl sites for hydroxylation is 1. The predicted molar refractivity (Wildman–Crippen MR) is 67.5 cm³/mol. The average Bonchev–Trinajstić information content (AvgIpc) is 2.63. The average molecular weight is 320 g/mol. The Kier molecular flexibility index (Phi) is 3.83. The molecule has 0 aliphatic carbocycles. The van der Waals surface area contributed by atoms with Crippen molar-refractivity contribution in [3.8, 4) is 0 Å². The molecule has 0 radical (unpaired) electrons. The molecule has 0 aliphatic heterocycles. The lowest BCUT2D eigenvalue weighted by Crippen LogP contribution is -1.93. The zero-order valence-corrected chi connectivity index (χ0v) is 11.6. The Morgan fingerprint density at radius 3 is 2.94 bits per heavy atom. The van der Waals surface area contributed by atoms with Gasteiger partial charge in [0.1, 0.15) is 0 Å². The van der Waals surface area contributed by atoms with Gasteiger partial charge in [-0.05, 0) is 28.1 Å². The summed E-state index contributed by atoms with van der Waals surface area (Å²) in [6.45, 7) is 0. The molecule has 0 unspecified atom stereocenters. The van der Waals surface area contributed by atoms with Crippen LogP contribution in [0.5, 0.6) is 0 Å². The van der Waals surface area contributed by atoms with Gasteiger partial charge in [-0.2, -0.15) is 0 Å². The van der Waals surface area contributed by atoms with Crippen molar-refractivity contribution in [1.82, 2.24) is 20.2 Å². The van der Waals surface area contributed by atoms with Crippen LogP contribution >= 0.6 is 39.3 Å². The van der Waals surface area contributed by atoms with E-state index in [4.69, 9.17) is 11.6 Å². The normalized spacial score (nSPS) is 10.7. The summed E-state index contributed by atoms with van der Waals surface area (Å²) in [5, 5.41) is 12.7. The number of benzene rings is 1. The van der Waals surface area contributed by atoms with E-state index in [2.05, 4.69) is 31.5 Å². The third-order valence-corrected chi connectivity index (χ3v) is 3.86. The molecule has 0 spiro atoms. The topological polar surface area (TPSA) is 43.6 Å². The van der Waals surface area contributed by atoms with Gasteiger partial charge in [0, 0.05) is 22.3 Å². The van der Waals surface area contributed by atoms with Gasteiger partial charge < -0.3 is 0 Å². The van der Waals surface area contributed by atoms with Crippen molar-refractivity contribution in [2.24, 2.45) is 7.05 Å². The summed E-state index contributed by atoms with van der Waals surface area (Å²) in [4.78, 5) is 0. The summed E-state index contributed by atoms with van der Waals surface area (Å²) in [6.07, 6.45) is 0. The number of aromatic nitrogens is 4. The summed E-state index contributed by atoms with van der Waals surface area (Å²) >= 11 is 11.0. The van der Waals surface area contributed by atoms with E-state index in [-0.39, 0.29) is 0 Å². The van der Waals surface area contributed by atoms with Gasteiger partial charge in [-0.25, -0.2) is 4.68 Å². The Morgan fingerprint density at radius 1 is 1.50 bits per heavy atom. The molecule has 0 aliphatic rings. The Hall–Kier alpha value is -0.590. The first-order chi connectivity index (χ1) is 7.66. The minimum Gasteiger partial charge on any atom is -0.224 e. The van der Waals surface area contributed by atoms with E-state index in [1.54, 1.807) is 16.4 Å². The Labute approximate surface area is 110 Å². The minimum absolute atomic E-state index is 0.747. The molecule has 84 valence electrons. The van der Waals surface area contributed by atoms with Crippen LogP contribution in [0.15, 0.2) is 27.8 Å². The number of halogens is 2. The second-order valence-electron chi connectivity index (χ2n) is 3.11. The third-order valence-electron chi connectivity index (χ3n) is 1.95. The van der Waals surface area contributed by atoms with Crippen LogP contribution in [0.25, 0.3) is 0 Å². The van der Waals surface area contributed by atoms with Gasteiger partial charge in [0.25, 0.3) is 0 Å². The second kappa shape index (κ2) is 5.16. The highest BCUT2D eigenvalue weighted by Gasteiger charge is 2.06. The van der Waals surface area contributed by atoms with Crippen molar-refractivity contribution in [3.63, 3.8) is 0 Å². The number of tetrazole rings is 1. The van der Waals surface area contributed by atoms with E-state index in [9.17, 15) is 0 Å². The number of hydrogen-bond acceptors (Lipinski definition) is 4. The molecule has 0 atom stereocenters. The maximum atomic E-state index is 6.11. The van der Waals surface area contributed by atoms with Crippen LogP contribution in [-0.4, -0.2) is 20.2 Å². The quantitative estimate of drug-likeness (QED) is 0.816. The van der Waals surface area contributed by atoms with Gasteiger partial charge in [0.2, 0.25) is 5.16 Å². The molecule has 0 amide bonds. The highest BCUT2D eigenvalue weighted by molar-refractivity contribution is 9.10. The van der Waals surface area contributed by atoms with Crippen LogP contribution < -0.4 is 0 Å². The highest BCUT2D eigenvalue weighted by atomic mass is 79.9. The van der Waals surface area contributed by atoms with E-state index in [0.717, 1.165) is 26.0 Å². The molecular weight excluding hydrogens is 312 g/mol. The molecule has 1 heterocycles. The maximum Gasteiger partial charge on any atom is 0.209 e. The van der Waals surface area contributed by atoms with Crippen LogP contribution in [0, 0.1) is 0 Å². The van der Waals surface area contributed by atoms with E-state index >= 15 is 0 Å². The second-order valence-corrected chi connectivity index (χ2v) is 5.37. The predicted octanol–water partition coefficient (Wildman–Crippen LogP) is 2.92. The Morgan fingerprint density at radius 2 is 2.31 bits per heavy atom. The summed E-state index contributed by atoms with van der Waals surface area (Å²) in [6, 6.07) is 5.84. The molecule has 0 saturated heterocycles. The van der Waals surface area contributed by atoms with Gasteiger partial charge in [-0.3, -0.25) is 0 Å². The van der Waals surface area contributed by atoms with Crippen LogP contribution in [0.3, 0.4) is 0 Å². The molecule has 0 saturated carbocycles. The fraction of sp³-hybridized carbons (Fsp3) is 0.222. The Bertz CT molecular complexity index is 502. The first-order valence-corrected chi connectivity index (χ1v) is 6.61. The van der Waals surface area contributed by atoms with Gasteiger partial charge in [-0.1, -0.05) is 45.4 Å². The summed E-state index contributed by atoms with van der Waals surface area (Å²) < 4.78 is 2.61. The third kappa shape index (κ3) is 2.75. The fourth-order valence-electron chi connectivity index (χ4n) is 1.12. The highest BCUT2D eigenvalue weighted by Crippen LogP contribution is 2.27. The molecule has 2 rings (SSSR count). The van der Waals surface area contributed by atoms with Crippen molar-refractivity contribution in [1.29, 1.82) is 0 Å². The maximum absolute atomic E-state index is 6.11. The number of nitrogens with zero attached hydrogens (tertiary/aromatic N) is 4. The number of hydrogen-bond donors (Lipinski definition) is 0. The van der Waals surface area contributed by atoms with Crippen molar-refractivity contribution < 1.29 is 0 Å². The van der Waals surface area contributed by atoms with E-state index in [0.29, 0.717) is 0 Å². The summed E-state index contributed by atoms with van der Waals surface area (Å²) in [7, 11) is 1.81. The minimum atomic E-state index is 0.747. The number of thioether (sulfide) groups is 1. The summed E-state index contributed by atoms with van der Waals surface area (Å²) in [5.41, 5.74) is 1.07. The van der Waals surface area contributed by atoms with Crippen molar-refractivity contribution >= 4 is 39.3 Å². The standard InChI is InChI=1S/C9H8BrClN4S/c1-15-9(12-13-14-15)16-5-6-2-3-7(10)4-8(6)11/h2-4H,5H2,1H3. The number of rotatable bonds is 3. The molecule has 1 aromatic heterocycles. The van der Waals surface area contributed by atoms with Gasteiger partial charge >= 0.3 is 0 Å². The zero-order chi connectivity index (χ0) is 11.5. The SMILES string of the molecule is Cn1nnnc1SCc1ccc(Br)cc1Cl. The molecule has 4 nitrogen and oxygen atoms in total. The van der Waals surface area contributed by atoms with Gasteiger partial charge in [-0.15, -0.1) is 5.10 Å². The molecular formula is C9H8BrClN4S. The summed E-state index contributed by atoms with van der Waals surface area (Å²) in [5.74, 6) is 0.750. The van der Waals surface area contributed by atoms with Crippen LogP contribution in [-0.2, 0) is 12.8 Å². The first-order valence-electron chi connectivity index (χ1n) is 4.46. The zero-order valence-electron chi connectivity index (χ0n) is 8.39. The van der Waals surface area contributed by atoms with Crippen LogP contribution in [0.1, 0.15) is 5.56 Å². The molecule has 16 heavy (non-hydrogen) atoms. The molecule has 2 aromatic rings. The smallest absolute Gasteiger partial charge is 0.209 e. The monoisotopic (exact) mass is 318 g/mol. The van der Waals surface area contributed by atoms with Gasteiger partial charge in [0.15, 0.2) is 0 Å². The van der Waals surface area contributed by atoms with E-state index < -0.39 is 0 Å². The fourth-order valence-corrected chi connectivity index (χ4v) is 2.80. The van der Waals surface area contributed by atoms with E-state index in [1.165, 1.54) is 0 Å². The first kappa shape index (κ1) is 11.9.